The molecule has 1 aromatic carbocycles. The van der Waals surface area contributed by atoms with Crippen LogP contribution in [0.5, 0.6) is 0 Å². The fraction of sp³-hybridized carbons (Fsp3) is 0.474. The molecule has 1 aliphatic carbocycles. The van der Waals surface area contributed by atoms with E-state index in [0.29, 0.717) is 27.6 Å². The standard InChI is InChI=1S/C19H22FN5OS/c1-11-5-3-4-6-14(11)21-16(26)10-27-19-22-18-17(23-24-19)13-9-12(20)7-8-15(13)25(18)2/h7-9,11,14H,3-6,10H2,1-2H3,(H,21,26)/t11-,14-/m1/s1. The maximum Gasteiger partial charge on any atom is 0.230 e. The van der Waals surface area contributed by atoms with E-state index in [1.807, 2.05) is 11.6 Å². The van der Waals surface area contributed by atoms with Crippen LogP contribution in [0.3, 0.4) is 0 Å². The molecule has 2 atom stereocenters. The first kappa shape index (κ1) is 18.2. The number of nitrogens with one attached hydrogen (secondary N) is 1. The van der Waals surface area contributed by atoms with Gasteiger partial charge in [-0.3, -0.25) is 4.79 Å². The highest BCUT2D eigenvalue weighted by Crippen LogP contribution is 2.27. The first-order chi connectivity index (χ1) is 13.0. The van der Waals surface area contributed by atoms with Gasteiger partial charge >= 0.3 is 0 Å². The Kier molecular flexibility index (Phi) is 4.99. The molecule has 0 spiro atoms. The summed E-state index contributed by atoms with van der Waals surface area (Å²) < 4.78 is 15.4. The van der Waals surface area contributed by atoms with Crippen LogP contribution in [0.25, 0.3) is 22.1 Å². The molecule has 4 rings (SSSR count). The number of fused-ring (bicyclic) bond motifs is 3. The van der Waals surface area contributed by atoms with Crippen LogP contribution in [0.2, 0.25) is 0 Å². The highest BCUT2D eigenvalue weighted by atomic mass is 32.2. The maximum absolute atomic E-state index is 13.6. The Morgan fingerprint density at radius 2 is 2.15 bits per heavy atom. The fourth-order valence-electron chi connectivity index (χ4n) is 3.79. The highest BCUT2D eigenvalue weighted by Gasteiger charge is 2.23. The van der Waals surface area contributed by atoms with Crippen molar-refractivity contribution in [2.45, 2.75) is 43.8 Å². The smallest absolute Gasteiger partial charge is 0.230 e. The minimum Gasteiger partial charge on any atom is -0.352 e. The molecular weight excluding hydrogens is 365 g/mol. The van der Waals surface area contributed by atoms with Gasteiger partial charge in [0.25, 0.3) is 0 Å². The van der Waals surface area contributed by atoms with Gasteiger partial charge in [0.15, 0.2) is 5.65 Å². The summed E-state index contributed by atoms with van der Waals surface area (Å²) in [5.41, 5.74) is 2.05. The van der Waals surface area contributed by atoms with Crippen molar-refractivity contribution in [3.63, 3.8) is 0 Å². The predicted molar refractivity (Wildman–Crippen MR) is 104 cm³/mol. The number of thioether (sulfide) groups is 1. The van der Waals surface area contributed by atoms with Crippen molar-refractivity contribution in [2.75, 3.05) is 5.75 Å². The largest absolute Gasteiger partial charge is 0.352 e. The third-order valence-electron chi connectivity index (χ3n) is 5.33. The Morgan fingerprint density at radius 3 is 2.96 bits per heavy atom. The molecule has 0 unspecified atom stereocenters. The lowest BCUT2D eigenvalue weighted by atomic mass is 9.86. The van der Waals surface area contributed by atoms with Gasteiger partial charge in [-0.2, -0.15) is 0 Å². The van der Waals surface area contributed by atoms with Gasteiger partial charge in [0.1, 0.15) is 11.3 Å². The molecule has 3 aromatic rings. The van der Waals surface area contributed by atoms with Gasteiger partial charge in [-0.25, -0.2) is 9.37 Å². The van der Waals surface area contributed by atoms with Crippen molar-refractivity contribution in [3.05, 3.63) is 24.0 Å². The molecular formula is C19H22FN5OS. The minimum absolute atomic E-state index is 0.00144. The summed E-state index contributed by atoms with van der Waals surface area (Å²) >= 11 is 1.27. The molecule has 0 saturated heterocycles. The number of aromatic nitrogens is 4. The van der Waals surface area contributed by atoms with E-state index < -0.39 is 0 Å². The van der Waals surface area contributed by atoms with Gasteiger partial charge < -0.3 is 9.88 Å². The Morgan fingerprint density at radius 1 is 1.33 bits per heavy atom. The minimum atomic E-state index is -0.316. The summed E-state index contributed by atoms with van der Waals surface area (Å²) in [4.78, 5) is 16.8. The van der Waals surface area contributed by atoms with E-state index in [1.54, 1.807) is 6.07 Å². The topological polar surface area (TPSA) is 72.7 Å². The van der Waals surface area contributed by atoms with Crippen LogP contribution in [0, 0.1) is 11.7 Å². The number of halogens is 1. The molecule has 1 aliphatic rings. The van der Waals surface area contributed by atoms with E-state index in [2.05, 4.69) is 27.4 Å². The molecule has 1 amide bonds. The lowest BCUT2D eigenvalue weighted by molar-refractivity contribution is -0.119. The van der Waals surface area contributed by atoms with E-state index in [9.17, 15) is 9.18 Å². The Hall–Kier alpha value is -2.22. The van der Waals surface area contributed by atoms with E-state index in [0.717, 1.165) is 11.9 Å². The Bertz CT molecular complexity index is 1000. The summed E-state index contributed by atoms with van der Waals surface area (Å²) in [5, 5.41) is 12.6. The van der Waals surface area contributed by atoms with Gasteiger partial charge in [0.05, 0.1) is 11.3 Å². The summed E-state index contributed by atoms with van der Waals surface area (Å²) in [6.45, 7) is 2.20. The van der Waals surface area contributed by atoms with Gasteiger partial charge in [0.2, 0.25) is 11.1 Å². The van der Waals surface area contributed by atoms with Crippen molar-refractivity contribution in [2.24, 2.45) is 13.0 Å². The monoisotopic (exact) mass is 387 g/mol. The second kappa shape index (κ2) is 7.42. The van der Waals surface area contributed by atoms with E-state index in [4.69, 9.17) is 0 Å². The Labute approximate surface area is 160 Å². The van der Waals surface area contributed by atoms with Crippen LogP contribution in [0.4, 0.5) is 4.39 Å². The molecule has 6 nitrogen and oxygen atoms in total. The van der Waals surface area contributed by atoms with Gasteiger partial charge in [-0.05, 0) is 37.0 Å². The SMILES string of the molecule is C[C@@H]1CCCC[C@H]1NC(=O)CSc1nnc2c3cc(F)ccc3n(C)c2n1. The van der Waals surface area contributed by atoms with Crippen molar-refractivity contribution in [1.82, 2.24) is 25.1 Å². The van der Waals surface area contributed by atoms with Crippen LogP contribution in [-0.4, -0.2) is 37.5 Å². The summed E-state index contributed by atoms with van der Waals surface area (Å²) in [5.74, 6) is 0.471. The number of rotatable bonds is 4. The molecule has 2 aromatic heterocycles. The average Bonchev–Trinajstić information content (AvgIpc) is 2.93. The zero-order valence-corrected chi connectivity index (χ0v) is 16.2. The number of amides is 1. The molecule has 1 saturated carbocycles. The summed E-state index contributed by atoms with van der Waals surface area (Å²) in [6, 6.07) is 4.83. The fourth-order valence-corrected chi connectivity index (χ4v) is 4.38. The first-order valence-electron chi connectivity index (χ1n) is 9.23. The first-order valence-corrected chi connectivity index (χ1v) is 10.2. The van der Waals surface area contributed by atoms with E-state index in [-0.39, 0.29) is 23.5 Å². The number of hydrogen-bond donors (Lipinski definition) is 1. The summed E-state index contributed by atoms with van der Waals surface area (Å²) in [7, 11) is 1.86. The number of aryl methyl sites for hydroxylation is 1. The van der Waals surface area contributed by atoms with Crippen LogP contribution in [0.15, 0.2) is 23.4 Å². The van der Waals surface area contributed by atoms with E-state index >= 15 is 0 Å². The highest BCUT2D eigenvalue weighted by molar-refractivity contribution is 7.99. The van der Waals surface area contributed by atoms with Crippen molar-refractivity contribution < 1.29 is 9.18 Å². The zero-order chi connectivity index (χ0) is 19.0. The molecule has 1 N–H and O–H groups in total. The van der Waals surface area contributed by atoms with Gasteiger partial charge in [-0.1, -0.05) is 31.5 Å². The van der Waals surface area contributed by atoms with Gasteiger partial charge in [-0.15, -0.1) is 10.2 Å². The zero-order valence-electron chi connectivity index (χ0n) is 15.4. The number of benzene rings is 1. The number of carbonyl (C=O) groups is 1. The van der Waals surface area contributed by atoms with Crippen LogP contribution in [-0.2, 0) is 11.8 Å². The lowest BCUT2D eigenvalue weighted by Crippen LogP contribution is -2.41. The maximum atomic E-state index is 13.6. The second-order valence-electron chi connectivity index (χ2n) is 7.21. The van der Waals surface area contributed by atoms with Crippen LogP contribution in [0.1, 0.15) is 32.6 Å². The van der Waals surface area contributed by atoms with Crippen LogP contribution >= 0.6 is 11.8 Å². The van der Waals surface area contributed by atoms with Crippen molar-refractivity contribution >= 4 is 39.7 Å². The van der Waals surface area contributed by atoms with Crippen LogP contribution < -0.4 is 5.32 Å². The normalized spacial score (nSPS) is 20.3. The van der Waals surface area contributed by atoms with E-state index in [1.165, 1.54) is 43.2 Å². The third kappa shape index (κ3) is 3.63. The molecule has 0 radical (unpaired) electrons. The number of carbonyl (C=O) groups excluding carboxylic acids is 1. The molecule has 142 valence electrons. The molecule has 0 bridgehead atoms. The molecule has 2 heterocycles. The third-order valence-corrected chi connectivity index (χ3v) is 6.17. The van der Waals surface area contributed by atoms with Gasteiger partial charge in [0, 0.05) is 18.5 Å². The summed E-state index contributed by atoms with van der Waals surface area (Å²) in [6.07, 6.45) is 4.64. The average molecular weight is 387 g/mol. The number of hydrogen-bond acceptors (Lipinski definition) is 5. The molecule has 0 aliphatic heterocycles. The Balaban J connectivity index is 1.48. The molecule has 1 fully saturated rings. The molecule has 27 heavy (non-hydrogen) atoms. The lowest BCUT2D eigenvalue weighted by Gasteiger charge is -2.29. The van der Waals surface area contributed by atoms with Crippen molar-refractivity contribution in [3.8, 4) is 0 Å². The second-order valence-corrected chi connectivity index (χ2v) is 8.15. The number of nitrogens with zero attached hydrogens (tertiary/aromatic N) is 4. The predicted octanol–water partition coefficient (Wildman–Crippen LogP) is 3.44. The quantitative estimate of drug-likeness (QED) is 0.694. The van der Waals surface area contributed by atoms with Crippen molar-refractivity contribution in [1.29, 1.82) is 0 Å². The molecule has 8 heteroatoms.